The molecule has 0 aliphatic carbocycles. The number of benzene rings is 1. The SMILES string of the molecule is O=C(CC1CSCCN1)Nc1cc(Br)cc(C(F)(F)F)c1. The van der Waals surface area contributed by atoms with Crippen LogP contribution in [-0.4, -0.2) is 30.0 Å². The highest BCUT2D eigenvalue weighted by molar-refractivity contribution is 9.10. The Balaban J connectivity index is 2.01. The van der Waals surface area contributed by atoms with E-state index in [9.17, 15) is 18.0 Å². The summed E-state index contributed by atoms with van der Waals surface area (Å²) in [5.41, 5.74) is -0.649. The number of anilines is 1. The van der Waals surface area contributed by atoms with Gasteiger partial charge in [0.2, 0.25) is 5.91 Å². The number of alkyl halides is 3. The van der Waals surface area contributed by atoms with Gasteiger partial charge in [-0.05, 0) is 18.2 Å². The predicted octanol–water partition coefficient (Wildman–Crippen LogP) is 3.50. The van der Waals surface area contributed by atoms with Gasteiger partial charge in [0, 0.05) is 40.7 Å². The second-order valence-corrected chi connectivity index (χ2v) is 6.77. The van der Waals surface area contributed by atoms with Crippen LogP contribution in [0.1, 0.15) is 12.0 Å². The van der Waals surface area contributed by atoms with E-state index in [1.54, 1.807) is 11.8 Å². The Morgan fingerprint density at radius 1 is 1.43 bits per heavy atom. The summed E-state index contributed by atoms with van der Waals surface area (Å²) in [4.78, 5) is 11.9. The maximum atomic E-state index is 12.7. The van der Waals surface area contributed by atoms with E-state index in [1.807, 2.05) is 0 Å². The Morgan fingerprint density at radius 3 is 2.81 bits per heavy atom. The lowest BCUT2D eigenvalue weighted by Crippen LogP contribution is -2.39. The first-order valence-electron chi connectivity index (χ1n) is 6.33. The number of thioether (sulfide) groups is 1. The van der Waals surface area contributed by atoms with E-state index in [1.165, 1.54) is 6.07 Å². The smallest absolute Gasteiger partial charge is 0.326 e. The molecule has 1 saturated heterocycles. The molecule has 21 heavy (non-hydrogen) atoms. The van der Waals surface area contributed by atoms with E-state index >= 15 is 0 Å². The normalized spacial score (nSPS) is 19.3. The second-order valence-electron chi connectivity index (χ2n) is 4.70. The van der Waals surface area contributed by atoms with Crippen LogP contribution in [0, 0.1) is 0 Å². The van der Waals surface area contributed by atoms with Crippen molar-refractivity contribution in [1.82, 2.24) is 5.32 Å². The van der Waals surface area contributed by atoms with Crippen LogP contribution in [0.3, 0.4) is 0 Å². The summed E-state index contributed by atoms with van der Waals surface area (Å²) in [7, 11) is 0. The highest BCUT2D eigenvalue weighted by atomic mass is 79.9. The molecule has 0 spiro atoms. The Labute approximate surface area is 133 Å². The molecule has 0 saturated carbocycles. The van der Waals surface area contributed by atoms with Crippen molar-refractivity contribution in [2.45, 2.75) is 18.6 Å². The summed E-state index contributed by atoms with van der Waals surface area (Å²) in [6.45, 7) is 0.845. The van der Waals surface area contributed by atoms with Crippen LogP contribution in [0.15, 0.2) is 22.7 Å². The Bertz CT molecular complexity index is 519. The van der Waals surface area contributed by atoms with Crippen LogP contribution < -0.4 is 10.6 Å². The first kappa shape index (κ1) is 16.6. The first-order chi connectivity index (χ1) is 9.84. The van der Waals surface area contributed by atoms with Gasteiger partial charge < -0.3 is 10.6 Å². The third-order valence-electron chi connectivity index (χ3n) is 2.94. The van der Waals surface area contributed by atoms with Gasteiger partial charge in [0.05, 0.1) is 5.56 Å². The maximum Gasteiger partial charge on any atom is 0.416 e. The van der Waals surface area contributed by atoms with E-state index in [0.29, 0.717) is 0 Å². The molecule has 1 unspecified atom stereocenters. The van der Waals surface area contributed by atoms with Crippen molar-refractivity contribution in [3.05, 3.63) is 28.2 Å². The Morgan fingerprint density at radius 2 is 2.19 bits per heavy atom. The Kier molecular flexibility index (Phi) is 5.56. The Hall–Kier alpha value is -0.730. The zero-order chi connectivity index (χ0) is 15.5. The number of carbonyl (C=O) groups is 1. The number of hydrogen-bond acceptors (Lipinski definition) is 3. The van der Waals surface area contributed by atoms with E-state index in [-0.39, 0.29) is 28.5 Å². The van der Waals surface area contributed by atoms with E-state index in [4.69, 9.17) is 0 Å². The molecule has 1 fully saturated rings. The summed E-state index contributed by atoms with van der Waals surface area (Å²) in [6.07, 6.45) is -4.19. The van der Waals surface area contributed by atoms with Gasteiger partial charge >= 0.3 is 6.18 Å². The lowest BCUT2D eigenvalue weighted by atomic mass is 10.1. The molecule has 3 nitrogen and oxygen atoms in total. The molecule has 1 aliphatic heterocycles. The van der Waals surface area contributed by atoms with E-state index in [2.05, 4.69) is 26.6 Å². The standard InChI is InChI=1S/C13H14BrF3N2OS/c14-9-3-8(13(15,16)17)4-10(5-9)19-12(20)6-11-7-21-2-1-18-11/h3-5,11,18H,1-2,6-7H2,(H,19,20). The molecule has 2 N–H and O–H groups in total. The van der Waals surface area contributed by atoms with Crippen molar-refractivity contribution in [3.63, 3.8) is 0 Å². The van der Waals surface area contributed by atoms with Crippen molar-refractivity contribution in [3.8, 4) is 0 Å². The number of halogens is 4. The van der Waals surface area contributed by atoms with Crippen molar-refractivity contribution < 1.29 is 18.0 Å². The zero-order valence-electron chi connectivity index (χ0n) is 11.0. The number of rotatable bonds is 3. The minimum absolute atomic E-state index is 0.0676. The van der Waals surface area contributed by atoms with Crippen LogP contribution >= 0.6 is 27.7 Å². The van der Waals surface area contributed by atoms with Crippen LogP contribution in [0.25, 0.3) is 0 Å². The molecule has 1 aromatic rings. The fourth-order valence-corrected chi connectivity index (χ4v) is 3.45. The quantitative estimate of drug-likeness (QED) is 0.840. The molecule has 0 aromatic heterocycles. The first-order valence-corrected chi connectivity index (χ1v) is 8.28. The average molecular weight is 383 g/mol. The van der Waals surface area contributed by atoms with Gasteiger partial charge in [-0.1, -0.05) is 15.9 Å². The monoisotopic (exact) mass is 382 g/mol. The highest BCUT2D eigenvalue weighted by Gasteiger charge is 2.31. The molecule has 1 heterocycles. The second kappa shape index (κ2) is 7.02. The van der Waals surface area contributed by atoms with Crippen LogP contribution in [0.4, 0.5) is 18.9 Å². The van der Waals surface area contributed by atoms with Crippen molar-refractivity contribution in [2.24, 2.45) is 0 Å². The minimum atomic E-state index is -4.44. The van der Waals surface area contributed by atoms with Crippen molar-refractivity contribution in [2.75, 3.05) is 23.4 Å². The minimum Gasteiger partial charge on any atom is -0.326 e. The molecule has 1 aromatic carbocycles. The maximum absolute atomic E-state index is 12.7. The lowest BCUT2D eigenvalue weighted by Gasteiger charge is -2.22. The molecule has 1 atom stereocenters. The van der Waals surface area contributed by atoms with E-state index < -0.39 is 11.7 Å². The summed E-state index contributed by atoms with van der Waals surface area (Å²) >= 11 is 4.79. The van der Waals surface area contributed by atoms with Gasteiger partial charge in [-0.3, -0.25) is 4.79 Å². The molecule has 116 valence electrons. The third kappa shape index (κ3) is 5.19. The molecular weight excluding hydrogens is 369 g/mol. The third-order valence-corrected chi connectivity index (χ3v) is 4.53. The topological polar surface area (TPSA) is 41.1 Å². The molecule has 2 rings (SSSR count). The number of amides is 1. The van der Waals surface area contributed by atoms with Gasteiger partial charge in [0.25, 0.3) is 0 Å². The molecule has 0 bridgehead atoms. The molecule has 1 aliphatic rings. The van der Waals surface area contributed by atoms with Crippen molar-refractivity contribution >= 4 is 39.3 Å². The molecule has 0 radical (unpaired) electrons. The lowest BCUT2D eigenvalue weighted by molar-refractivity contribution is -0.137. The largest absolute Gasteiger partial charge is 0.416 e. The zero-order valence-corrected chi connectivity index (χ0v) is 13.4. The molecular formula is C13H14BrF3N2OS. The van der Waals surface area contributed by atoms with E-state index in [0.717, 1.165) is 30.2 Å². The van der Waals surface area contributed by atoms with Gasteiger partial charge in [-0.25, -0.2) is 0 Å². The number of carbonyl (C=O) groups excluding carboxylic acids is 1. The average Bonchev–Trinajstić information content (AvgIpc) is 2.37. The van der Waals surface area contributed by atoms with Gasteiger partial charge in [0.1, 0.15) is 0 Å². The van der Waals surface area contributed by atoms with Gasteiger partial charge in [-0.2, -0.15) is 24.9 Å². The molecule has 8 heteroatoms. The highest BCUT2D eigenvalue weighted by Crippen LogP contribution is 2.33. The van der Waals surface area contributed by atoms with Gasteiger partial charge in [0.15, 0.2) is 0 Å². The number of nitrogens with one attached hydrogen (secondary N) is 2. The fourth-order valence-electron chi connectivity index (χ4n) is 2.01. The fraction of sp³-hybridized carbons (Fsp3) is 0.462. The summed E-state index contributed by atoms with van der Waals surface area (Å²) in [6, 6.07) is 3.44. The molecule has 1 amide bonds. The van der Waals surface area contributed by atoms with Crippen LogP contribution in [-0.2, 0) is 11.0 Å². The van der Waals surface area contributed by atoms with Gasteiger partial charge in [-0.15, -0.1) is 0 Å². The van der Waals surface area contributed by atoms with Crippen molar-refractivity contribution in [1.29, 1.82) is 0 Å². The van der Waals surface area contributed by atoms with Crippen LogP contribution in [0.2, 0.25) is 0 Å². The summed E-state index contributed by atoms with van der Waals surface area (Å²) < 4.78 is 38.4. The van der Waals surface area contributed by atoms with Crippen LogP contribution in [0.5, 0.6) is 0 Å². The predicted molar refractivity (Wildman–Crippen MR) is 81.5 cm³/mol. The summed E-state index contributed by atoms with van der Waals surface area (Å²) in [5, 5.41) is 5.74. The summed E-state index contributed by atoms with van der Waals surface area (Å²) in [5.74, 6) is 1.56. The number of hydrogen-bond donors (Lipinski definition) is 2.